The Morgan fingerprint density at radius 2 is 1.90 bits per heavy atom. The zero-order chi connectivity index (χ0) is 20.5. The summed E-state index contributed by atoms with van der Waals surface area (Å²) in [5, 5.41) is 11.9. The van der Waals surface area contributed by atoms with Crippen LogP contribution in [0.15, 0.2) is 30.5 Å². The Morgan fingerprint density at radius 3 is 2.62 bits per heavy atom. The van der Waals surface area contributed by atoms with E-state index < -0.39 is 0 Å². The monoisotopic (exact) mass is 393 g/mol. The zero-order valence-electron chi connectivity index (χ0n) is 17.9. The molecule has 4 rings (SSSR count). The van der Waals surface area contributed by atoms with Gasteiger partial charge in [0.05, 0.1) is 11.6 Å². The minimum absolute atomic E-state index is 0.0356. The maximum Gasteiger partial charge on any atom is 0.253 e. The topological polar surface area (TPSA) is 64.2 Å². The Kier molecular flexibility index (Phi) is 5.43. The third-order valence-corrected chi connectivity index (χ3v) is 6.24. The SMILES string of the molecule is Cc1cc(C(=O)N[C@H](c2nnc3ccccn23)C(C)C)c(C)n1C1CCCCC1. The average molecular weight is 394 g/mol. The molecule has 3 aromatic heterocycles. The number of aromatic nitrogens is 4. The van der Waals surface area contributed by atoms with Crippen LogP contribution in [0.1, 0.15) is 85.6 Å². The van der Waals surface area contributed by atoms with Gasteiger partial charge >= 0.3 is 0 Å². The predicted molar refractivity (Wildman–Crippen MR) is 114 cm³/mol. The molecular weight excluding hydrogens is 362 g/mol. The third kappa shape index (κ3) is 3.68. The Balaban J connectivity index is 1.62. The molecule has 6 heteroatoms. The molecule has 0 spiro atoms. The van der Waals surface area contributed by atoms with Crippen molar-refractivity contribution >= 4 is 11.6 Å². The summed E-state index contributed by atoms with van der Waals surface area (Å²) in [5.74, 6) is 0.921. The summed E-state index contributed by atoms with van der Waals surface area (Å²) in [7, 11) is 0. The van der Waals surface area contributed by atoms with Crippen molar-refractivity contribution in [2.24, 2.45) is 5.92 Å². The second kappa shape index (κ2) is 8.01. The predicted octanol–water partition coefficient (Wildman–Crippen LogP) is 4.78. The van der Waals surface area contributed by atoms with Crippen molar-refractivity contribution in [3.8, 4) is 0 Å². The van der Waals surface area contributed by atoms with Crippen molar-refractivity contribution in [3.63, 3.8) is 0 Å². The largest absolute Gasteiger partial charge is 0.345 e. The van der Waals surface area contributed by atoms with Crippen LogP contribution in [0, 0.1) is 19.8 Å². The number of aryl methyl sites for hydroxylation is 1. The van der Waals surface area contributed by atoms with Gasteiger partial charge in [0, 0.05) is 23.6 Å². The molecule has 0 radical (unpaired) electrons. The van der Waals surface area contributed by atoms with Crippen LogP contribution in [0.4, 0.5) is 0 Å². The van der Waals surface area contributed by atoms with Crippen LogP contribution in [0.25, 0.3) is 5.65 Å². The van der Waals surface area contributed by atoms with Crippen LogP contribution in [-0.2, 0) is 0 Å². The Morgan fingerprint density at radius 1 is 1.14 bits per heavy atom. The highest BCUT2D eigenvalue weighted by Crippen LogP contribution is 2.32. The Bertz CT molecular complexity index is 1010. The summed E-state index contributed by atoms with van der Waals surface area (Å²) in [4.78, 5) is 13.3. The molecule has 0 bridgehead atoms. The third-order valence-electron chi connectivity index (χ3n) is 6.24. The lowest BCUT2D eigenvalue weighted by molar-refractivity contribution is 0.0922. The molecule has 0 aliphatic heterocycles. The van der Waals surface area contributed by atoms with Gasteiger partial charge in [-0.15, -0.1) is 10.2 Å². The van der Waals surface area contributed by atoms with Crippen molar-refractivity contribution in [1.29, 1.82) is 0 Å². The number of amides is 1. The first-order valence-electron chi connectivity index (χ1n) is 10.8. The van der Waals surface area contributed by atoms with E-state index in [9.17, 15) is 4.79 Å². The molecule has 154 valence electrons. The maximum atomic E-state index is 13.3. The second-order valence-corrected chi connectivity index (χ2v) is 8.63. The van der Waals surface area contributed by atoms with Crippen LogP contribution in [0.5, 0.6) is 0 Å². The van der Waals surface area contributed by atoms with Crippen molar-refractivity contribution in [2.75, 3.05) is 0 Å². The van der Waals surface area contributed by atoms with E-state index >= 15 is 0 Å². The first-order chi connectivity index (χ1) is 14.0. The number of carbonyl (C=O) groups excluding carboxylic acids is 1. The molecule has 1 saturated carbocycles. The molecule has 1 N–H and O–H groups in total. The molecule has 1 aliphatic carbocycles. The van der Waals surface area contributed by atoms with E-state index in [1.807, 2.05) is 34.9 Å². The van der Waals surface area contributed by atoms with E-state index in [1.54, 1.807) is 0 Å². The van der Waals surface area contributed by atoms with Crippen LogP contribution >= 0.6 is 0 Å². The molecule has 29 heavy (non-hydrogen) atoms. The van der Waals surface area contributed by atoms with E-state index in [1.165, 1.54) is 37.8 Å². The van der Waals surface area contributed by atoms with Gasteiger partial charge in [-0.1, -0.05) is 39.2 Å². The van der Waals surface area contributed by atoms with Gasteiger partial charge in [0.1, 0.15) is 0 Å². The van der Waals surface area contributed by atoms with Gasteiger partial charge in [-0.2, -0.15) is 0 Å². The van der Waals surface area contributed by atoms with E-state index in [0.29, 0.717) is 6.04 Å². The summed E-state index contributed by atoms with van der Waals surface area (Å²) in [6.45, 7) is 8.39. The summed E-state index contributed by atoms with van der Waals surface area (Å²) in [5.41, 5.74) is 3.81. The van der Waals surface area contributed by atoms with Gasteiger partial charge in [-0.25, -0.2) is 0 Å². The molecule has 3 aromatic rings. The van der Waals surface area contributed by atoms with E-state index in [2.05, 4.69) is 47.8 Å². The smallest absolute Gasteiger partial charge is 0.253 e. The molecule has 1 fully saturated rings. The van der Waals surface area contributed by atoms with E-state index in [-0.39, 0.29) is 17.9 Å². The fourth-order valence-corrected chi connectivity index (χ4v) is 4.73. The number of pyridine rings is 1. The van der Waals surface area contributed by atoms with Gasteiger partial charge in [0.25, 0.3) is 5.91 Å². The lowest BCUT2D eigenvalue weighted by Gasteiger charge is -2.26. The highest BCUT2D eigenvalue weighted by Gasteiger charge is 2.27. The van der Waals surface area contributed by atoms with Crippen molar-refractivity contribution < 1.29 is 4.79 Å². The maximum absolute atomic E-state index is 13.3. The molecule has 0 unspecified atom stereocenters. The second-order valence-electron chi connectivity index (χ2n) is 8.63. The van der Waals surface area contributed by atoms with Gasteiger partial charge in [0.15, 0.2) is 11.5 Å². The lowest BCUT2D eigenvalue weighted by Crippen LogP contribution is -2.33. The van der Waals surface area contributed by atoms with Gasteiger partial charge in [-0.05, 0) is 50.8 Å². The summed E-state index contributed by atoms with van der Waals surface area (Å²) in [6.07, 6.45) is 8.24. The number of hydrogen-bond acceptors (Lipinski definition) is 3. The first-order valence-corrected chi connectivity index (χ1v) is 10.8. The molecule has 0 aromatic carbocycles. The lowest BCUT2D eigenvalue weighted by atomic mass is 9.95. The van der Waals surface area contributed by atoms with Crippen molar-refractivity contribution in [2.45, 2.75) is 71.9 Å². The molecule has 0 saturated heterocycles. The Labute approximate surface area is 172 Å². The van der Waals surface area contributed by atoms with Crippen molar-refractivity contribution in [1.82, 2.24) is 24.5 Å². The standard InChI is InChI=1S/C23H31N5O/c1-15(2)21(22-26-25-20-12-8-9-13-27(20)22)24-23(29)19-14-16(3)28(17(19)4)18-10-6-5-7-11-18/h8-9,12-15,18,21H,5-7,10-11H2,1-4H3,(H,24,29)/t21-/m0/s1. The number of rotatable bonds is 5. The van der Waals surface area contributed by atoms with Crippen LogP contribution in [0.3, 0.4) is 0 Å². The van der Waals surface area contributed by atoms with E-state index in [0.717, 1.165) is 22.7 Å². The van der Waals surface area contributed by atoms with Gasteiger partial charge < -0.3 is 9.88 Å². The van der Waals surface area contributed by atoms with Gasteiger partial charge in [0.2, 0.25) is 0 Å². The fourth-order valence-electron chi connectivity index (χ4n) is 4.73. The van der Waals surface area contributed by atoms with E-state index in [4.69, 9.17) is 0 Å². The molecule has 3 heterocycles. The number of carbonyl (C=O) groups is 1. The highest BCUT2D eigenvalue weighted by atomic mass is 16.1. The van der Waals surface area contributed by atoms with Crippen LogP contribution in [-0.4, -0.2) is 25.1 Å². The number of nitrogens with one attached hydrogen (secondary N) is 1. The van der Waals surface area contributed by atoms with Crippen molar-refractivity contribution in [3.05, 3.63) is 53.2 Å². The fraction of sp³-hybridized carbons (Fsp3) is 0.522. The normalized spacial score (nSPS) is 16.4. The first kappa shape index (κ1) is 19.7. The minimum atomic E-state index is -0.211. The number of nitrogens with zero attached hydrogens (tertiary/aromatic N) is 4. The number of fused-ring (bicyclic) bond motifs is 1. The molecular formula is C23H31N5O. The Hall–Kier alpha value is -2.63. The van der Waals surface area contributed by atoms with Crippen LogP contribution < -0.4 is 5.32 Å². The molecule has 1 aliphatic rings. The number of hydrogen-bond donors (Lipinski definition) is 1. The zero-order valence-corrected chi connectivity index (χ0v) is 17.9. The highest BCUT2D eigenvalue weighted by molar-refractivity contribution is 5.96. The van der Waals surface area contributed by atoms with Gasteiger partial charge in [-0.3, -0.25) is 9.20 Å². The average Bonchev–Trinajstić information content (AvgIpc) is 3.27. The molecule has 1 atom stereocenters. The summed E-state index contributed by atoms with van der Waals surface area (Å²) < 4.78 is 4.33. The molecule has 6 nitrogen and oxygen atoms in total. The quantitative estimate of drug-likeness (QED) is 0.678. The minimum Gasteiger partial charge on any atom is -0.345 e. The summed E-state index contributed by atoms with van der Waals surface area (Å²) in [6, 6.07) is 8.17. The summed E-state index contributed by atoms with van der Waals surface area (Å²) >= 11 is 0. The molecule has 1 amide bonds. The van der Waals surface area contributed by atoms with Crippen LogP contribution in [0.2, 0.25) is 0 Å².